The Morgan fingerprint density at radius 1 is 0.152 bits per heavy atom. The molecule has 0 aliphatic carbocycles. The zero-order valence-corrected chi connectivity index (χ0v) is 36.0. The Hall–Kier alpha value is -8.86. The molecule has 0 bridgehead atoms. The molecule has 11 aromatic rings. The number of hydrogen-bond acceptors (Lipinski definition) is 4. The van der Waals surface area contributed by atoms with Crippen molar-refractivity contribution in [3.05, 3.63) is 255 Å². The third-order valence-electron chi connectivity index (χ3n) is 12.0. The van der Waals surface area contributed by atoms with Gasteiger partial charge in [0.25, 0.3) is 0 Å². The Labute approximate surface area is 385 Å². The fourth-order valence-corrected chi connectivity index (χ4v) is 8.69. The summed E-state index contributed by atoms with van der Waals surface area (Å²) in [4.78, 5) is 20.6. The highest BCUT2D eigenvalue weighted by Gasteiger charge is 2.25. The van der Waals surface area contributed by atoms with Crippen molar-refractivity contribution in [3.63, 3.8) is 0 Å². The lowest BCUT2D eigenvalue weighted by Crippen LogP contribution is -2.01. The fraction of sp³-hybridized carbons (Fsp3) is 0. The first kappa shape index (κ1) is 40.0. The van der Waals surface area contributed by atoms with Gasteiger partial charge in [0, 0.05) is 44.5 Å². The van der Waals surface area contributed by atoms with E-state index in [1.807, 2.05) is 36.4 Å². The van der Waals surface area contributed by atoms with E-state index in [0.717, 1.165) is 89.3 Å². The normalized spacial score (nSPS) is 11.0. The van der Waals surface area contributed by atoms with Crippen LogP contribution in [-0.4, -0.2) is 19.9 Å². The summed E-state index contributed by atoms with van der Waals surface area (Å²) in [5, 5.41) is 0. The second-order valence-corrected chi connectivity index (χ2v) is 16.2. The van der Waals surface area contributed by atoms with Gasteiger partial charge in [-0.1, -0.05) is 255 Å². The zero-order chi connectivity index (χ0) is 44.1. The maximum absolute atomic E-state index is 5.60. The van der Waals surface area contributed by atoms with E-state index >= 15 is 0 Å². The molecule has 0 saturated carbocycles. The standard InChI is InChI=1S/C62H42N4/c1-7-19-43(20-8-1)44-33-39-53(40-34-44)61-64-60(52-29-17-6-18-30-52)65-62(66-61)54-41-35-46(36-42-54)45-31-37-49(38-32-45)55-56(47-21-9-2-10-22-47)58(50-25-13-4-14-26-50)63-59(51-27-15-5-16-28-51)57(55)48-23-11-3-12-24-48/h1-42H. The van der Waals surface area contributed by atoms with Crippen LogP contribution < -0.4 is 0 Å². The van der Waals surface area contributed by atoms with Crippen LogP contribution in [0.1, 0.15) is 0 Å². The SMILES string of the molecule is c1ccc(-c2ccc(-c3nc(-c4ccccc4)nc(-c4ccc(-c5ccc(-c6c(-c7ccccc7)c(-c7ccccc7)nc(-c7ccccc7)c6-c6ccccc6)cc5)cc4)n3)cc2)cc1. The van der Waals surface area contributed by atoms with Crippen LogP contribution in [0.4, 0.5) is 0 Å². The molecular formula is C62H42N4. The van der Waals surface area contributed by atoms with Crippen LogP contribution in [0.2, 0.25) is 0 Å². The van der Waals surface area contributed by atoms with E-state index in [4.69, 9.17) is 19.9 Å². The van der Waals surface area contributed by atoms with Gasteiger partial charge in [0.15, 0.2) is 17.5 Å². The number of nitrogens with zero attached hydrogens (tertiary/aromatic N) is 4. The average molecular weight is 843 g/mol. The van der Waals surface area contributed by atoms with E-state index in [1.165, 1.54) is 5.56 Å². The molecule has 0 amide bonds. The molecule has 0 saturated heterocycles. The maximum atomic E-state index is 5.60. The zero-order valence-electron chi connectivity index (χ0n) is 36.0. The minimum absolute atomic E-state index is 0.621. The molecule has 66 heavy (non-hydrogen) atoms. The van der Waals surface area contributed by atoms with Crippen LogP contribution in [0.3, 0.4) is 0 Å². The highest BCUT2D eigenvalue weighted by Crippen LogP contribution is 2.49. The maximum Gasteiger partial charge on any atom is 0.164 e. The van der Waals surface area contributed by atoms with E-state index in [0.29, 0.717) is 17.5 Å². The van der Waals surface area contributed by atoms with Gasteiger partial charge in [-0.2, -0.15) is 0 Å². The molecule has 4 heteroatoms. The molecule has 0 unspecified atom stereocenters. The van der Waals surface area contributed by atoms with Crippen molar-refractivity contribution in [1.29, 1.82) is 0 Å². The third-order valence-corrected chi connectivity index (χ3v) is 12.0. The first-order valence-electron chi connectivity index (χ1n) is 22.2. The third kappa shape index (κ3) is 8.11. The summed E-state index contributed by atoms with van der Waals surface area (Å²) >= 11 is 0. The van der Waals surface area contributed by atoms with Gasteiger partial charge in [-0.05, 0) is 38.9 Å². The topological polar surface area (TPSA) is 51.6 Å². The van der Waals surface area contributed by atoms with Crippen LogP contribution in [0.25, 0.3) is 112 Å². The van der Waals surface area contributed by atoms with Crippen molar-refractivity contribution >= 4 is 0 Å². The summed E-state index contributed by atoms with van der Waals surface area (Å²) in [5.74, 6) is 1.88. The second kappa shape index (κ2) is 18.1. The molecule has 0 aliphatic heterocycles. The molecule has 2 aromatic heterocycles. The highest BCUT2D eigenvalue weighted by atomic mass is 15.0. The summed E-state index contributed by atoms with van der Waals surface area (Å²) in [6, 6.07) is 88.9. The van der Waals surface area contributed by atoms with Crippen LogP contribution in [-0.2, 0) is 0 Å². The van der Waals surface area contributed by atoms with Crippen LogP contribution in [0.5, 0.6) is 0 Å². The molecule has 11 rings (SSSR count). The Kier molecular flexibility index (Phi) is 10.9. The second-order valence-electron chi connectivity index (χ2n) is 16.2. The highest BCUT2D eigenvalue weighted by molar-refractivity contribution is 6.05. The lowest BCUT2D eigenvalue weighted by Gasteiger charge is -2.23. The van der Waals surface area contributed by atoms with Gasteiger partial charge in [0.1, 0.15) is 0 Å². The molecular weight excluding hydrogens is 801 g/mol. The molecule has 0 fully saturated rings. The van der Waals surface area contributed by atoms with Crippen molar-refractivity contribution in [3.8, 4) is 112 Å². The fourth-order valence-electron chi connectivity index (χ4n) is 8.69. The van der Waals surface area contributed by atoms with E-state index in [2.05, 4.69) is 218 Å². The molecule has 4 nitrogen and oxygen atoms in total. The van der Waals surface area contributed by atoms with Crippen molar-refractivity contribution in [2.45, 2.75) is 0 Å². The van der Waals surface area contributed by atoms with Gasteiger partial charge < -0.3 is 0 Å². The smallest absolute Gasteiger partial charge is 0.164 e. The van der Waals surface area contributed by atoms with E-state index in [-0.39, 0.29) is 0 Å². The van der Waals surface area contributed by atoms with Crippen LogP contribution in [0.15, 0.2) is 255 Å². The summed E-state index contributed by atoms with van der Waals surface area (Å²) < 4.78 is 0. The first-order chi connectivity index (χ1) is 32.7. The lowest BCUT2D eigenvalue weighted by molar-refractivity contribution is 1.07. The van der Waals surface area contributed by atoms with Gasteiger partial charge >= 0.3 is 0 Å². The minimum Gasteiger partial charge on any atom is -0.246 e. The number of benzene rings is 9. The van der Waals surface area contributed by atoms with Gasteiger partial charge in [0.05, 0.1) is 11.4 Å². The molecule has 0 radical (unpaired) electrons. The summed E-state index contributed by atoms with van der Waals surface area (Å²) in [7, 11) is 0. The van der Waals surface area contributed by atoms with E-state index < -0.39 is 0 Å². The van der Waals surface area contributed by atoms with Gasteiger partial charge in [-0.25, -0.2) is 19.9 Å². The molecule has 9 aromatic carbocycles. The molecule has 2 heterocycles. The Morgan fingerprint density at radius 3 is 0.697 bits per heavy atom. The number of hydrogen-bond donors (Lipinski definition) is 0. The molecule has 0 atom stereocenters. The number of rotatable bonds is 10. The van der Waals surface area contributed by atoms with Gasteiger partial charge in [0.2, 0.25) is 0 Å². The Morgan fingerprint density at radius 2 is 0.364 bits per heavy atom. The summed E-state index contributed by atoms with van der Waals surface area (Å²) in [6.07, 6.45) is 0. The monoisotopic (exact) mass is 842 g/mol. The largest absolute Gasteiger partial charge is 0.246 e. The van der Waals surface area contributed by atoms with Crippen LogP contribution >= 0.6 is 0 Å². The molecule has 0 N–H and O–H groups in total. The summed E-state index contributed by atoms with van der Waals surface area (Å²) in [5.41, 5.74) is 17.9. The Balaban J connectivity index is 1.01. The first-order valence-corrected chi connectivity index (χ1v) is 22.2. The predicted octanol–water partition coefficient (Wildman–Crippen LogP) is 15.9. The minimum atomic E-state index is 0.621. The summed E-state index contributed by atoms with van der Waals surface area (Å²) in [6.45, 7) is 0. The molecule has 0 aliphatic rings. The average Bonchev–Trinajstić information content (AvgIpc) is 3.42. The quantitative estimate of drug-likeness (QED) is 0.138. The van der Waals surface area contributed by atoms with Crippen molar-refractivity contribution in [2.24, 2.45) is 0 Å². The van der Waals surface area contributed by atoms with Crippen molar-refractivity contribution in [2.75, 3.05) is 0 Å². The lowest BCUT2D eigenvalue weighted by atomic mass is 9.83. The predicted molar refractivity (Wildman–Crippen MR) is 272 cm³/mol. The van der Waals surface area contributed by atoms with E-state index in [9.17, 15) is 0 Å². The van der Waals surface area contributed by atoms with Crippen LogP contribution in [0, 0.1) is 0 Å². The number of pyridine rings is 1. The van der Waals surface area contributed by atoms with Crippen molar-refractivity contribution in [1.82, 2.24) is 19.9 Å². The van der Waals surface area contributed by atoms with E-state index in [1.54, 1.807) is 0 Å². The van der Waals surface area contributed by atoms with Gasteiger partial charge in [-0.15, -0.1) is 0 Å². The molecule has 310 valence electrons. The number of aromatic nitrogens is 4. The van der Waals surface area contributed by atoms with Crippen molar-refractivity contribution < 1.29 is 0 Å². The molecule has 0 spiro atoms. The Bertz CT molecular complexity index is 3280. The van der Waals surface area contributed by atoms with Gasteiger partial charge in [-0.3, -0.25) is 0 Å².